The SMILES string of the molecule is COc1ccc(Cl)cc1N(CC(=O)N/N=C/c1sccc1C)S(=O)(=O)c1ccccc1. The maximum Gasteiger partial charge on any atom is 0.264 e. The maximum atomic E-state index is 13.4. The highest BCUT2D eigenvalue weighted by Crippen LogP contribution is 2.34. The summed E-state index contributed by atoms with van der Waals surface area (Å²) in [5.74, 6) is -0.360. The number of halogens is 1. The lowest BCUT2D eigenvalue weighted by Gasteiger charge is -2.25. The molecule has 1 heterocycles. The van der Waals surface area contributed by atoms with Crippen LogP contribution in [-0.2, 0) is 14.8 Å². The molecule has 0 aliphatic heterocycles. The van der Waals surface area contributed by atoms with E-state index in [1.54, 1.807) is 30.3 Å². The van der Waals surface area contributed by atoms with Crippen LogP contribution in [-0.4, -0.2) is 34.2 Å². The molecule has 3 rings (SSSR count). The highest BCUT2D eigenvalue weighted by atomic mass is 35.5. The zero-order valence-electron chi connectivity index (χ0n) is 16.8. The number of carbonyl (C=O) groups excluding carboxylic acids is 1. The number of rotatable bonds is 8. The first-order chi connectivity index (χ1) is 14.8. The summed E-state index contributed by atoms with van der Waals surface area (Å²) in [5, 5.41) is 6.16. The van der Waals surface area contributed by atoms with Crippen LogP contribution in [0.1, 0.15) is 10.4 Å². The molecule has 1 N–H and O–H groups in total. The van der Waals surface area contributed by atoms with Gasteiger partial charge >= 0.3 is 0 Å². The van der Waals surface area contributed by atoms with Crippen LogP contribution >= 0.6 is 22.9 Å². The van der Waals surface area contributed by atoms with Crippen molar-refractivity contribution in [3.8, 4) is 5.75 Å². The molecule has 2 aromatic carbocycles. The maximum absolute atomic E-state index is 13.4. The summed E-state index contributed by atoms with van der Waals surface area (Å²) in [6.45, 7) is 1.41. The molecule has 162 valence electrons. The number of aryl methyl sites for hydroxylation is 1. The first-order valence-electron chi connectivity index (χ1n) is 9.10. The van der Waals surface area contributed by atoms with Crippen LogP contribution in [0.4, 0.5) is 5.69 Å². The van der Waals surface area contributed by atoms with Gasteiger partial charge in [-0.05, 0) is 54.3 Å². The fourth-order valence-electron chi connectivity index (χ4n) is 2.72. The molecule has 0 fully saturated rings. The Morgan fingerprint density at radius 3 is 2.61 bits per heavy atom. The van der Waals surface area contributed by atoms with Gasteiger partial charge in [0, 0.05) is 9.90 Å². The lowest BCUT2D eigenvalue weighted by atomic mass is 10.3. The number of amides is 1. The second-order valence-electron chi connectivity index (χ2n) is 6.40. The third kappa shape index (κ3) is 5.43. The van der Waals surface area contributed by atoms with Crippen molar-refractivity contribution >= 4 is 50.8 Å². The number of thiophene rings is 1. The molecule has 0 spiro atoms. The molecule has 0 saturated heterocycles. The standard InChI is InChI=1S/C21H20ClN3O4S2/c1-15-10-11-30-20(15)13-23-24-21(26)14-25(18-12-16(22)8-9-19(18)29-2)31(27,28)17-6-4-3-5-7-17/h3-13H,14H2,1-2H3,(H,24,26)/b23-13+. The van der Waals surface area contributed by atoms with E-state index in [9.17, 15) is 13.2 Å². The molecule has 1 aromatic heterocycles. The molecule has 0 radical (unpaired) electrons. The predicted octanol–water partition coefficient (Wildman–Crippen LogP) is 4.06. The van der Waals surface area contributed by atoms with E-state index < -0.39 is 22.5 Å². The van der Waals surface area contributed by atoms with Gasteiger partial charge in [0.2, 0.25) is 0 Å². The molecule has 0 aliphatic carbocycles. The smallest absolute Gasteiger partial charge is 0.264 e. The Morgan fingerprint density at radius 2 is 1.97 bits per heavy atom. The molecule has 0 unspecified atom stereocenters. The van der Waals surface area contributed by atoms with Gasteiger partial charge in [-0.25, -0.2) is 13.8 Å². The number of ether oxygens (including phenoxy) is 1. The average molecular weight is 478 g/mol. The van der Waals surface area contributed by atoms with E-state index in [0.717, 1.165) is 14.7 Å². The summed E-state index contributed by atoms with van der Waals surface area (Å²) >= 11 is 7.59. The summed E-state index contributed by atoms with van der Waals surface area (Å²) in [7, 11) is -2.68. The second kappa shape index (κ2) is 9.95. The Kier molecular flexibility index (Phi) is 7.32. The second-order valence-corrected chi connectivity index (χ2v) is 9.65. The molecule has 0 bridgehead atoms. The van der Waals surface area contributed by atoms with Crippen molar-refractivity contribution in [3.05, 3.63) is 75.4 Å². The Hall–Kier alpha value is -2.88. The van der Waals surface area contributed by atoms with Gasteiger partial charge in [-0.2, -0.15) is 5.10 Å². The van der Waals surface area contributed by atoms with E-state index in [0.29, 0.717) is 5.02 Å². The molecule has 7 nitrogen and oxygen atoms in total. The van der Waals surface area contributed by atoms with Crippen LogP contribution in [0.15, 0.2) is 70.0 Å². The van der Waals surface area contributed by atoms with Crippen LogP contribution in [0.5, 0.6) is 5.75 Å². The summed E-state index contributed by atoms with van der Waals surface area (Å²) in [6.07, 6.45) is 1.52. The minimum atomic E-state index is -4.09. The molecule has 1 amide bonds. The van der Waals surface area contributed by atoms with Crippen molar-refractivity contribution in [2.75, 3.05) is 18.0 Å². The monoisotopic (exact) mass is 477 g/mol. The molecule has 0 saturated carbocycles. The molecular weight excluding hydrogens is 458 g/mol. The van der Waals surface area contributed by atoms with Crippen molar-refractivity contribution in [2.24, 2.45) is 5.10 Å². The highest BCUT2D eigenvalue weighted by Gasteiger charge is 2.29. The fraction of sp³-hybridized carbons (Fsp3) is 0.143. The molecule has 3 aromatic rings. The molecule has 31 heavy (non-hydrogen) atoms. The van der Waals surface area contributed by atoms with Gasteiger partial charge in [-0.15, -0.1) is 11.3 Å². The number of hydrazone groups is 1. The summed E-state index contributed by atoms with van der Waals surface area (Å²) in [4.78, 5) is 13.5. The van der Waals surface area contributed by atoms with E-state index in [1.807, 2.05) is 18.4 Å². The van der Waals surface area contributed by atoms with E-state index >= 15 is 0 Å². The van der Waals surface area contributed by atoms with Crippen LogP contribution in [0.2, 0.25) is 5.02 Å². The summed E-state index contributed by atoms with van der Waals surface area (Å²) < 4.78 is 33.0. The topological polar surface area (TPSA) is 88.1 Å². The van der Waals surface area contributed by atoms with Crippen molar-refractivity contribution in [2.45, 2.75) is 11.8 Å². The van der Waals surface area contributed by atoms with Gasteiger partial charge in [0.05, 0.1) is 23.9 Å². The number of carbonyl (C=O) groups is 1. The molecule has 0 aliphatic rings. The van der Waals surface area contributed by atoms with Crippen molar-refractivity contribution < 1.29 is 17.9 Å². The van der Waals surface area contributed by atoms with Crippen LogP contribution < -0.4 is 14.5 Å². The normalized spacial score (nSPS) is 11.5. The minimum absolute atomic E-state index is 0.0301. The minimum Gasteiger partial charge on any atom is -0.495 e. The van der Waals surface area contributed by atoms with Gasteiger partial charge in [0.1, 0.15) is 12.3 Å². The van der Waals surface area contributed by atoms with Gasteiger partial charge in [0.25, 0.3) is 15.9 Å². The zero-order valence-corrected chi connectivity index (χ0v) is 19.2. The number of hydrogen-bond acceptors (Lipinski definition) is 6. The predicted molar refractivity (Wildman–Crippen MR) is 124 cm³/mol. The van der Waals surface area contributed by atoms with E-state index in [-0.39, 0.29) is 16.3 Å². The quantitative estimate of drug-likeness (QED) is 0.391. The number of benzene rings is 2. The number of methoxy groups -OCH3 is 1. The van der Waals surface area contributed by atoms with Gasteiger partial charge in [-0.3, -0.25) is 9.10 Å². The summed E-state index contributed by atoms with van der Waals surface area (Å²) in [5.41, 5.74) is 3.55. The number of nitrogens with zero attached hydrogens (tertiary/aromatic N) is 2. The van der Waals surface area contributed by atoms with E-state index in [4.69, 9.17) is 16.3 Å². The third-order valence-corrected chi connectivity index (χ3v) is 7.26. The average Bonchev–Trinajstić information content (AvgIpc) is 3.17. The highest BCUT2D eigenvalue weighted by molar-refractivity contribution is 7.92. The summed E-state index contributed by atoms with van der Waals surface area (Å²) in [6, 6.07) is 14.3. The number of anilines is 1. The number of hydrogen-bond donors (Lipinski definition) is 1. The largest absolute Gasteiger partial charge is 0.495 e. The van der Waals surface area contributed by atoms with E-state index in [1.165, 1.54) is 42.9 Å². The first kappa shape index (κ1) is 22.8. The fourth-order valence-corrected chi connectivity index (χ4v) is 5.12. The van der Waals surface area contributed by atoms with Crippen molar-refractivity contribution in [1.29, 1.82) is 0 Å². The molecule has 0 atom stereocenters. The Morgan fingerprint density at radius 1 is 1.23 bits per heavy atom. The van der Waals surface area contributed by atoms with Crippen LogP contribution in [0.25, 0.3) is 0 Å². The zero-order chi connectivity index (χ0) is 22.4. The van der Waals surface area contributed by atoms with E-state index in [2.05, 4.69) is 10.5 Å². The number of sulfonamides is 1. The number of nitrogens with one attached hydrogen (secondary N) is 1. The third-order valence-electron chi connectivity index (χ3n) is 4.30. The van der Waals surface area contributed by atoms with Gasteiger partial charge < -0.3 is 4.74 Å². The Bertz CT molecular complexity index is 1190. The molecular formula is C21H20ClN3O4S2. The molecule has 10 heteroatoms. The van der Waals surface area contributed by atoms with Gasteiger partial charge in [0.15, 0.2) is 0 Å². The lowest BCUT2D eigenvalue weighted by Crippen LogP contribution is -2.39. The Labute approximate surface area is 190 Å². The first-order valence-corrected chi connectivity index (χ1v) is 11.8. The van der Waals surface area contributed by atoms with Crippen molar-refractivity contribution in [1.82, 2.24) is 5.43 Å². The van der Waals surface area contributed by atoms with Crippen LogP contribution in [0.3, 0.4) is 0 Å². The van der Waals surface area contributed by atoms with Crippen molar-refractivity contribution in [3.63, 3.8) is 0 Å². The lowest BCUT2D eigenvalue weighted by molar-refractivity contribution is -0.119. The Balaban J connectivity index is 1.93. The van der Waals surface area contributed by atoms with Crippen LogP contribution in [0, 0.1) is 6.92 Å². The van der Waals surface area contributed by atoms with Gasteiger partial charge in [-0.1, -0.05) is 29.8 Å².